The molecule has 0 spiro atoms. The van der Waals surface area contributed by atoms with E-state index in [9.17, 15) is 0 Å². The van der Waals surface area contributed by atoms with Crippen LogP contribution in [0.5, 0.6) is 0 Å². The second kappa shape index (κ2) is 5.94. The van der Waals surface area contributed by atoms with E-state index in [4.69, 9.17) is 16.0 Å². The molecule has 0 fully saturated rings. The third kappa shape index (κ3) is 4.58. The highest BCUT2D eigenvalue weighted by atomic mass is 16.4. The van der Waals surface area contributed by atoms with Crippen LogP contribution in [0.15, 0.2) is 5.16 Å². The van der Waals surface area contributed by atoms with Gasteiger partial charge in [0, 0.05) is 6.61 Å². The van der Waals surface area contributed by atoms with E-state index in [1.807, 2.05) is 0 Å². The van der Waals surface area contributed by atoms with Gasteiger partial charge in [0.15, 0.2) is 5.84 Å². The molecule has 0 radical (unpaired) electrons. The van der Waals surface area contributed by atoms with Crippen molar-refractivity contribution in [2.45, 2.75) is 19.4 Å². The predicted molar refractivity (Wildman–Crippen MR) is 42.6 cm³/mol. The van der Waals surface area contributed by atoms with Gasteiger partial charge in [-0.2, -0.15) is 0 Å². The van der Waals surface area contributed by atoms with Crippen molar-refractivity contribution < 1.29 is 10.3 Å². The lowest BCUT2D eigenvalue weighted by molar-refractivity contribution is 0.285. The Balaban J connectivity index is 3.44. The SMILES string of the molecule is CC(NCCCO)C(N)=NO. The normalized spacial score (nSPS) is 14.9. The zero-order chi connectivity index (χ0) is 8.69. The maximum atomic E-state index is 8.42. The smallest absolute Gasteiger partial charge is 0.156 e. The van der Waals surface area contributed by atoms with Gasteiger partial charge in [-0.15, -0.1) is 0 Å². The first kappa shape index (κ1) is 10.2. The minimum absolute atomic E-state index is 0.147. The second-order valence-electron chi connectivity index (χ2n) is 2.28. The van der Waals surface area contributed by atoms with E-state index in [-0.39, 0.29) is 18.5 Å². The lowest BCUT2D eigenvalue weighted by Gasteiger charge is -2.10. The van der Waals surface area contributed by atoms with Crippen LogP contribution in [0.4, 0.5) is 0 Å². The molecule has 0 rings (SSSR count). The summed E-state index contributed by atoms with van der Waals surface area (Å²) in [5.41, 5.74) is 5.27. The van der Waals surface area contributed by atoms with E-state index in [1.165, 1.54) is 0 Å². The summed E-state index contributed by atoms with van der Waals surface area (Å²) in [6.45, 7) is 2.59. The molecule has 5 N–H and O–H groups in total. The molecule has 1 atom stereocenters. The first-order valence-corrected chi connectivity index (χ1v) is 3.54. The summed E-state index contributed by atoms with van der Waals surface area (Å²) in [5.74, 6) is 0.155. The largest absolute Gasteiger partial charge is 0.409 e. The molecule has 0 aromatic rings. The zero-order valence-electron chi connectivity index (χ0n) is 6.62. The number of aliphatic hydroxyl groups is 1. The Labute approximate surface area is 65.9 Å². The fourth-order valence-electron chi connectivity index (χ4n) is 0.589. The van der Waals surface area contributed by atoms with Crippen LogP contribution in [0.2, 0.25) is 0 Å². The Morgan fingerprint density at radius 1 is 1.73 bits per heavy atom. The van der Waals surface area contributed by atoms with Crippen LogP contribution in [0.1, 0.15) is 13.3 Å². The molecule has 0 saturated heterocycles. The number of oxime groups is 1. The van der Waals surface area contributed by atoms with Crippen LogP contribution in [0.3, 0.4) is 0 Å². The summed E-state index contributed by atoms with van der Waals surface area (Å²) in [5, 5.41) is 22.5. The van der Waals surface area contributed by atoms with E-state index in [1.54, 1.807) is 6.92 Å². The number of aliphatic hydroxyl groups excluding tert-OH is 1. The summed E-state index contributed by atoms with van der Waals surface area (Å²) >= 11 is 0. The fraction of sp³-hybridized carbons (Fsp3) is 0.833. The Morgan fingerprint density at radius 2 is 2.36 bits per heavy atom. The monoisotopic (exact) mass is 161 g/mol. The number of amidine groups is 1. The maximum Gasteiger partial charge on any atom is 0.156 e. The third-order valence-corrected chi connectivity index (χ3v) is 1.34. The molecule has 5 nitrogen and oxygen atoms in total. The Hall–Kier alpha value is -0.810. The first-order valence-electron chi connectivity index (χ1n) is 3.54. The van der Waals surface area contributed by atoms with Crippen molar-refractivity contribution in [3.8, 4) is 0 Å². The third-order valence-electron chi connectivity index (χ3n) is 1.34. The van der Waals surface area contributed by atoms with Gasteiger partial charge in [-0.05, 0) is 19.9 Å². The molecule has 11 heavy (non-hydrogen) atoms. The molecular weight excluding hydrogens is 146 g/mol. The highest BCUT2D eigenvalue weighted by molar-refractivity contribution is 5.84. The predicted octanol–water partition coefficient (Wildman–Crippen LogP) is -0.907. The molecule has 0 saturated carbocycles. The van der Waals surface area contributed by atoms with Crippen molar-refractivity contribution in [1.82, 2.24) is 5.32 Å². The molecule has 0 aliphatic rings. The van der Waals surface area contributed by atoms with Gasteiger partial charge in [-0.3, -0.25) is 0 Å². The van der Waals surface area contributed by atoms with Crippen LogP contribution in [-0.2, 0) is 0 Å². The number of nitrogens with zero attached hydrogens (tertiary/aromatic N) is 1. The van der Waals surface area contributed by atoms with Gasteiger partial charge < -0.3 is 21.4 Å². The number of rotatable bonds is 5. The average molecular weight is 161 g/mol. The molecule has 5 heteroatoms. The van der Waals surface area contributed by atoms with Crippen LogP contribution in [0, 0.1) is 0 Å². The van der Waals surface area contributed by atoms with E-state index >= 15 is 0 Å². The molecule has 0 aliphatic heterocycles. The van der Waals surface area contributed by atoms with Gasteiger partial charge in [0.1, 0.15) is 0 Å². The Bertz CT molecular complexity index is 127. The van der Waals surface area contributed by atoms with Crippen molar-refractivity contribution >= 4 is 5.84 Å². The Morgan fingerprint density at radius 3 is 2.82 bits per heavy atom. The van der Waals surface area contributed by atoms with E-state index < -0.39 is 0 Å². The minimum Gasteiger partial charge on any atom is -0.409 e. The maximum absolute atomic E-state index is 8.42. The average Bonchev–Trinajstić information content (AvgIpc) is 2.03. The van der Waals surface area contributed by atoms with Gasteiger partial charge in [-0.1, -0.05) is 5.16 Å². The van der Waals surface area contributed by atoms with Gasteiger partial charge in [0.25, 0.3) is 0 Å². The van der Waals surface area contributed by atoms with Crippen LogP contribution >= 0.6 is 0 Å². The van der Waals surface area contributed by atoms with Crippen LogP contribution in [-0.4, -0.2) is 35.3 Å². The van der Waals surface area contributed by atoms with Crippen molar-refractivity contribution in [2.24, 2.45) is 10.9 Å². The number of nitrogens with one attached hydrogen (secondary N) is 1. The van der Waals surface area contributed by atoms with Crippen molar-refractivity contribution in [2.75, 3.05) is 13.2 Å². The number of hydrogen-bond donors (Lipinski definition) is 4. The minimum atomic E-state index is -0.147. The molecular formula is C6H15N3O2. The molecule has 1 unspecified atom stereocenters. The fourth-order valence-corrected chi connectivity index (χ4v) is 0.589. The topological polar surface area (TPSA) is 90.9 Å². The van der Waals surface area contributed by atoms with Crippen molar-refractivity contribution in [3.63, 3.8) is 0 Å². The molecule has 0 aromatic heterocycles. The highest BCUT2D eigenvalue weighted by Crippen LogP contribution is 1.82. The highest BCUT2D eigenvalue weighted by Gasteiger charge is 2.04. The van der Waals surface area contributed by atoms with Crippen LogP contribution in [0.25, 0.3) is 0 Å². The molecule has 66 valence electrons. The zero-order valence-corrected chi connectivity index (χ0v) is 6.62. The van der Waals surface area contributed by atoms with Gasteiger partial charge in [0.05, 0.1) is 6.04 Å². The first-order chi connectivity index (χ1) is 5.22. The van der Waals surface area contributed by atoms with E-state index in [0.717, 1.165) is 0 Å². The molecule has 0 bridgehead atoms. The number of nitrogens with two attached hydrogens (primary N) is 1. The second-order valence-corrected chi connectivity index (χ2v) is 2.28. The summed E-state index contributed by atoms with van der Waals surface area (Å²) < 4.78 is 0. The Kier molecular flexibility index (Phi) is 5.50. The molecule has 0 amide bonds. The summed E-state index contributed by atoms with van der Waals surface area (Å²) in [4.78, 5) is 0. The number of hydrogen-bond acceptors (Lipinski definition) is 4. The van der Waals surface area contributed by atoms with E-state index in [2.05, 4.69) is 10.5 Å². The molecule has 0 aromatic carbocycles. The van der Waals surface area contributed by atoms with Crippen molar-refractivity contribution in [3.05, 3.63) is 0 Å². The lowest BCUT2D eigenvalue weighted by atomic mass is 10.3. The lowest BCUT2D eigenvalue weighted by Crippen LogP contribution is -2.39. The summed E-state index contributed by atoms with van der Waals surface area (Å²) in [6.07, 6.45) is 0.670. The van der Waals surface area contributed by atoms with Gasteiger partial charge in [0.2, 0.25) is 0 Å². The quantitative estimate of drug-likeness (QED) is 0.138. The van der Waals surface area contributed by atoms with E-state index in [0.29, 0.717) is 13.0 Å². The molecule has 0 aliphatic carbocycles. The summed E-state index contributed by atoms with van der Waals surface area (Å²) in [6, 6.07) is -0.147. The molecule has 0 heterocycles. The summed E-state index contributed by atoms with van der Waals surface area (Å²) in [7, 11) is 0. The van der Waals surface area contributed by atoms with Crippen LogP contribution < -0.4 is 11.1 Å². The standard InChI is InChI=1S/C6H15N3O2/c1-5(6(7)9-11)8-3-2-4-10/h5,8,10-11H,2-4H2,1H3,(H2,7,9). The van der Waals surface area contributed by atoms with Crippen molar-refractivity contribution in [1.29, 1.82) is 0 Å². The van der Waals surface area contributed by atoms with Gasteiger partial charge in [-0.25, -0.2) is 0 Å². The van der Waals surface area contributed by atoms with Gasteiger partial charge >= 0.3 is 0 Å².